The quantitative estimate of drug-likeness (QED) is 0.457. The average molecular weight is 507 g/mol. The summed E-state index contributed by atoms with van der Waals surface area (Å²) in [5.74, 6) is -0.367. The number of pyridine rings is 2. The third kappa shape index (κ3) is 6.85. The van der Waals surface area contributed by atoms with Gasteiger partial charge in [0.1, 0.15) is 29.0 Å². The molecule has 0 fully saturated rings. The Kier molecular flexibility index (Phi) is 8.18. The van der Waals surface area contributed by atoms with Crippen LogP contribution in [0.25, 0.3) is 11.1 Å². The Balaban J connectivity index is 1.94. The Labute approximate surface area is 201 Å². The van der Waals surface area contributed by atoms with Crippen molar-refractivity contribution in [3.8, 4) is 22.8 Å². The highest BCUT2D eigenvalue weighted by molar-refractivity contribution is 7.92. The van der Waals surface area contributed by atoms with E-state index in [0.717, 1.165) is 12.3 Å². The summed E-state index contributed by atoms with van der Waals surface area (Å²) in [4.78, 5) is 20.0. The van der Waals surface area contributed by atoms with Crippen LogP contribution in [0.4, 0.5) is 25.2 Å². The lowest BCUT2D eigenvalue weighted by Crippen LogP contribution is -2.08. The van der Waals surface area contributed by atoms with E-state index < -0.39 is 27.5 Å². The molecule has 12 heteroatoms. The van der Waals surface area contributed by atoms with Crippen molar-refractivity contribution in [1.29, 1.82) is 0 Å². The van der Waals surface area contributed by atoms with E-state index in [-0.39, 0.29) is 41.2 Å². The van der Waals surface area contributed by atoms with Gasteiger partial charge in [0.2, 0.25) is 5.88 Å². The van der Waals surface area contributed by atoms with Crippen molar-refractivity contribution in [2.75, 3.05) is 32.4 Å². The summed E-state index contributed by atoms with van der Waals surface area (Å²) in [6.07, 6.45) is 1.45. The molecule has 186 valence electrons. The van der Waals surface area contributed by atoms with Gasteiger partial charge in [-0.3, -0.25) is 0 Å². The number of carbonyl (C=O) groups is 1. The largest absolute Gasteiger partial charge is 0.496 e. The third-order valence-electron chi connectivity index (χ3n) is 4.61. The topological polar surface area (TPSA) is 112 Å². The van der Waals surface area contributed by atoms with Gasteiger partial charge in [-0.05, 0) is 36.8 Å². The Morgan fingerprint density at radius 2 is 1.86 bits per heavy atom. The maximum atomic E-state index is 14.6. The summed E-state index contributed by atoms with van der Waals surface area (Å²) in [5.41, 5.74) is 0.983. The van der Waals surface area contributed by atoms with Crippen molar-refractivity contribution < 1.29 is 32.0 Å². The SMILES string of the molecule is CCOC(=O)N=S(C)(=O)Cc1cc(Nc2cc(-c3ccc(F)cc3OC)c(F)cn2)nc(OC)c1. The van der Waals surface area contributed by atoms with Gasteiger partial charge in [-0.15, -0.1) is 4.36 Å². The fraction of sp³-hybridized carbons (Fsp3) is 0.261. The Hall–Kier alpha value is -3.80. The van der Waals surface area contributed by atoms with Gasteiger partial charge in [-0.25, -0.2) is 22.8 Å². The van der Waals surface area contributed by atoms with Crippen LogP contribution >= 0.6 is 0 Å². The molecule has 0 radical (unpaired) electrons. The molecule has 3 rings (SSSR count). The molecule has 0 bridgehead atoms. The molecule has 0 saturated heterocycles. The Morgan fingerprint density at radius 1 is 1.09 bits per heavy atom. The van der Waals surface area contributed by atoms with Gasteiger partial charge < -0.3 is 19.5 Å². The van der Waals surface area contributed by atoms with Crippen LogP contribution in [-0.2, 0) is 20.2 Å². The van der Waals surface area contributed by atoms with Crippen molar-refractivity contribution in [3.05, 3.63) is 59.8 Å². The number of halogens is 2. The summed E-state index contributed by atoms with van der Waals surface area (Å²) >= 11 is 0. The van der Waals surface area contributed by atoms with Gasteiger partial charge in [-0.2, -0.15) is 4.98 Å². The highest BCUT2D eigenvalue weighted by Gasteiger charge is 2.15. The molecule has 1 N–H and O–H groups in total. The number of aromatic nitrogens is 2. The molecule has 1 atom stereocenters. The first kappa shape index (κ1) is 25.8. The van der Waals surface area contributed by atoms with Gasteiger partial charge in [0.15, 0.2) is 0 Å². The molecular formula is C23H24F2N4O5S. The number of methoxy groups -OCH3 is 2. The number of amides is 1. The average Bonchev–Trinajstić information content (AvgIpc) is 2.79. The lowest BCUT2D eigenvalue weighted by molar-refractivity contribution is 0.164. The fourth-order valence-electron chi connectivity index (χ4n) is 3.19. The first-order valence-electron chi connectivity index (χ1n) is 10.3. The maximum absolute atomic E-state index is 14.6. The van der Waals surface area contributed by atoms with Crippen LogP contribution in [0.1, 0.15) is 12.5 Å². The predicted octanol–water partition coefficient (Wildman–Crippen LogP) is 4.94. The minimum Gasteiger partial charge on any atom is -0.496 e. The molecule has 1 unspecified atom stereocenters. The van der Waals surface area contributed by atoms with Gasteiger partial charge >= 0.3 is 6.09 Å². The van der Waals surface area contributed by atoms with Crippen LogP contribution in [0, 0.1) is 11.6 Å². The lowest BCUT2D eigenvalue weighted by atomic mass is 10.0. The molecule has 0 aliphatic heterocycles. The standard InChI is InChI=1S/C23H24F2N4O5S/c1-5-34-23(30)29-35(4,31)13-14-8-21(28-22(9-14)33-3)27-20-11-17(18(25)12-26-20)16-7-6-15(24)10-19(16)32-2/h6-12H,5,13H2,1-4H3,(H,26,27,28). The molecule has 35 heavy (non-hydrogen) atoms. The number of nitrogens with zero attached hydrogens (tertiary/aromatic N) is 3. The minimum atomic E-state index is -2.95. The summed E-state index contributed by atoms with van der Waals surface area (Å²) in [6, 6.07) is 8.32. The molecule has 0 saturated carbocycles. The van der Waals surface area contributed by atoms with E-state index in [1.54, 1.807) is 19.1 Å². The van der Waals surface area contributed by atoms with E-state index in [1.807, 2.05) is 0 Å². The van der Waals surface area contributed by atoms with Crippen molar-refractivity contribution in [2.45, 2.75) is 12.7 Å². The maximum Gasteiger partial charge on any atom is 0.441 e. The molecule has 0 spiro atoms. The summed E-state index contributed by atoms with van der Waals surface area (Å²) in [5, 5.41) is 2.95. The third-order valence-corrected chi connectivity index (χ3v) is 6.01. The van der Waals surface area contributed by atoms with Gasteiger partial charge in [0.25, 0.3) is 0 Å². The van der Waals surface area contributed by atoms with Crippen LogP contribution in [0.15, 0.2) is 47.0 Å². The van der Waals surface area contributed by atoms with E-state index in [9.17, 15) is 17.8 Å². The minimum absolute atomic E-state index is 0.0751. The first-order valence-corrected chi connectivity index (χ1v) is 12.4. The number of hydrogen-bond acceptors (Lipinski definition) is 8. The zero-order chi connectivity index (χ0) is 25.6. The second-order valence-electron chi connectivity index (χ2n) is 7.32. The fourth-order valence-corrected chi connectivity index (χ4v) is 4.41. The smallest absolute Gasteiger partial charge is 0.441 e. The summed E-state index contributed by atoms with van der Waals surface area (Å²) in [7, 11) is -0.177. The van der Waals surface area contributed by atoms with Crippen LogP contribution in [0.3, 0.4) is 0 Å². The van der Waals surface area contributed by atoms with Crippen LogP contribution in [0.5, 0.6) is 11.6 Å². The zero-order valence-electron chi connectivity index (χ0n) is 19.5. The molecule has 2 heterocycles. The molecule has 0 aliphatic rings. The highest BCUT2D eigenvalue weighted by atomic mass is 32.2. The zero-order valence-corrected chi connectivity index (χ0v) is 20.3. The number of rotatable bonds is 8. The van der Waals surface area contributed by atoms with Crippen molar-refractivity contribution >= 4 is 27.5 Å². The number of nitrogens with one attached hydrogen (secondary N) is 1. The normalized spacial score (nSPS) is 12.4. The van der Waals surface area contributed by atoms with Crippen molar-refractivity contribution in [1.82, 2.24) is 9.97 Å². The first-order chi connectivity index (χ1) is 16.6. The molecule has 3 aromatic rings. The van der Waals surface area contributed by atoms with E-state index in [1.165, 1.54) is 38.7 Å². The molecule has 9 nitrogen and oxygen atoms in total. The number of carbonyl (C=O) groups excluding carboxylic acids is 1. The highest BCUT2D eigenvalue weighted by Crippen LogP contribution is 2.34. The van der Waals surface area contributed by atoms with Gasteiger partial charge in [0, 0.05) is 29.5 Å². The predicted molar refractivity (Wildman–Crippen MR) is 127 cm³/mol. The Bertz CT molecular complexity index is 1360. The van der Waals surface area contributed by atoms with E-state index in [0.29, 0.717) is 11.1 Å². The van der Waals surface area contributed by atoms with Crippen LogP contribution < -0.4 is 14.8 Å². The molecule has 0 aliphatic carbocycles. The monoisotopic (exact) mass is 506 g/mol. The van der Waals surface area contributed by atoms with Crippen molar-refractivity contribution in [2.24, 2.45) is 4.36 Å². The van der Waals surface area contributed by atoms with E-state index >= 15 is 0 Å². The molecule has 2 aromatic heterocycles. The molecule has 1 aromatic carbocycles. The second-order valence-corrected chi connectivity index (χ2v) is 9.71. The van der Waals surface area contributed by atoms with E-state index in [4.69, 9.17) is 14.2 Å². The number of anilines is 2. The number of ether oxygens (including phenoxy) is 3. The van der Waals surface area contributed by atoms with E-state index in [2.05, 4.69) is 19.6 Å². The van der Waals surface area contributed by atoms with Crippen LogP contribution in [-0.4, -0.2) is 47.4 Å². The molecular weight excluding hydrogens is 482 g/mol. The Morgan fingerprint density at radius 3 is 2.54 bits per heavy atom. The second kappa shape index (κ2) is 11.1. The van der Waals surface area contributed by atoms with Gasteiger partial charge in [0.05, 0.1) is 42.5 Å². The van der Waals surface area contributed by atoms with Crippen LogP contribution in [0.2, 0.25) is 0 Å². The number of hydrogen-bond donors (Lipinski definition) is 1. The molecule has 1 amide bonds. The van der Waals surface area contributed by atoms with Gasteiger partial charge in [-0.1, -0.05) is 0 Å². The number of benzene rings is 1. The lowest BCUT2D eigenvalue weighted by Gasteiger charge is -2.13. The summed E-state index contributed by atoms with van der Waals surface area (Å²) in [6.45, 7) is 1.74. The van der Waals surface area contributed by atoms with Crippen molar-refractivity contribution in [3.63, 3.8) is 0 Å². The summed E-state index contributed by atoms with van der Waals surface area (Å²) < 4.78 is 59.7.